The van der Waals surface area contributed by atoms with Crippen molar-refractivity contribution >= 4 is 8.32 Å². The van der Waals surface area contributed by atoms with Gasteiger partial charge in [0.1, 0.15) is 5.75 Å². The highest BCUT2D eigenvalue weighted by molar-refractivity contribution is 6.74. The molecule has 1 aliphatic heterocycles. The van der Waals surface area contributed by atoms with E-state index in [1.165, 1.54) is 0 Å². The largest absolute Gasteiger partial charge is 0.497 e. The molecule has 0 amide bonds. The quantitative estimate of drug-likeness (QED) is 0.446. The summed E-state index contributed by atoms with van der Waals surface area (Å²) < 4.78 is 23.7. The summed E-state index contributed by atoms with van der Waals surface area (Å²) in [5.74, 6) is 1.26. The van der Waals surface area contributed by atoms with Crippen LogP contribution in [-0.2, 0) is 20.5 Å². The Balaban J connectivity index is 1.71. The summed E-state index contributed by atoms with van der Waals surface area (Å²) in [5, 5.41) is 10.6. The zero-order valence-corrected chi connectivity index (χ0v) is 21.6. The van der Waals surface area contributed by atoms with Gasteiger partial charge in [-0.05, 0) is 67.4 Å². The fourth-order valence-corrected chi connectivity index (χ4v) is 4.71. The van der Waals surface area contributed by atoms with E-state index >= 15 is 0 Å². The summed E-state index contributed by atoms with van der Waals surface area (Å²) in [5.41, 5.74) is 1.15. The molecule has 1 aromatic rings. The molecule has 1 aromatic carbocycles. The van der Waals surface area contributed by atoms with Crippen molar-refractivity contribution < 1.29 is 23.7 Å². The van der Waals surface area contributed by atoms with Gasteiger partial charge in [0.25, 0.3) is 0 Å². The van der Waals surface area contributed by atoms with E-state index in [4.69, 9.17) is 18.6 Å². The number of aliphatic hydroxyl groups is 1. The Morgan fingerprint density at radius 3 is 2.45 bits per heavy atom. The summed E-state index contributed by atoms with van der Waals surface area (Å²) >= 11 is 0. The van der Waals surface area contributed by atoms with Gasteiger partial charge in [-0.2, -0.15) is 0 Å². The van der Waals surface area contributed by atoms with E-state index in [2.05, 4.69) is 40.8 Å². The van der Waals surface area contributed by atoms with Gasteiger partial charge in [-0.25, -0.2) is 0 Å². The molecule has 4 atom stereocenters. The standard InChI is InChI=1S/C25H44O5Si/c1-19(17-28-18-20-8-10-21(27-5)11-9-20)16-22-12-13-23(26)24(30-22)14-15-29-31(6,7)25(2,3)4/h8-11,19,22-24,26H,12-18H2,1-7H3/t19-,22+,23?,24-/m1/s1. The average molecular weight is 453 g/mol. The van der Waals surface area contributed by atoms with Crippen molar-refractivity contribution in [3.8, 4) is 5.75 Å². The maximum Gasteiger partial charge on any atom is 0.191 e. The molecule has 0 aliphatic carbocycles. The summed E-state index contributed by atoms with van der Waals surface area (Å²) in [6, 6.07) is 7.98. The first kappa shape index (κ1) is 26.3. The van der Waals surface area contributed by atoms with Crippen LogP contribution in [0.1, 0.15) is 58.9 Å². The maximum atomic E-state index is 10.4. The lowest BCUT2D eigenvalue weighted by molar-refractivity contribution is -0.130. The number of hydrogen-bond donors (Lipinski definition) is 1. The predicted molar refractivity (Wildman–Crippen MR) is 128 cm³/mol. The minimum absolute atomic E-state index is 0.129. The highest BCUT2D eigenvalue weighted by Crippen LogP contribution is 2.37. The van der Waals surface area contributed by atoms with Gasteiger partial charge < -0.3 is 23.7 Å². The minimum atomic E-state index is -1.76. The molecule has 1 fully saturated rings. The number of ether oxygens (including phenoxy) is 3. The zero-order chi connectivity index (χ0) is 23.1. The first-order chi connectivity index (χ1) is 14.5. The van der Waals surface area contributed by atoms with Crippen molar-refractivity contribution in [2.75, 3.05) is 20.3 Å². The third kappa shape index (κ3) is 8.50. The van der Waals surface area contributed by atoms with Crippen LogP contribution in [0.2, 0.25) is 18.1 Å². The normalized spacial score (nSPS) is 23.5. The van der Waals surface area contributed by atoms with E-state index in [1.54, 1.807) is 7.11 Å². The first-order valence-corrected chi connectivity index (χ1v) is 14.6. The van der Waals surface area contributed by atoms with Crippen molar-refractivity contribution in [2.45, 2.75) is 96.4 Å². The second-order valence-corrected chi connectivity index (χ2v) is 15.4. The predicted octanol–water partition coefficient (Wildman–Crippen LogP) is 5.56. The van der Waals surface area contributed by atoms with E-state index < -0.39 is 8.32 Å². The van der Waals surface area contributed by atoms with Crippen LogP contribution in [0.15, 0.2) is 24.3 Å². The van der Waals surface area contributed by atoms with Gasteiger partial charge >= 0.3 is 0 Å². The highest BCUT2D eigenvalue weighted by atomic mass is 28.4. The Labute approximate surface area is 190 Å². The fourth-order valence-electron chi connectivity index (χ4n) is 3.65. The molecule has 1 heterocycles. The molecule has 0 spiro atoms. The summed E-state index contributed by atoms with van der Waals surface area (Å²) in [6.07, 6.45) is 3.08. The van der Waals surface area contributed by atoms with Crippen LogP contribution in [0, 0.1) is 5.92 Å². The second kappa shape index (κ2) is 11.8. The van der Waals surface area contributed by atoms with Gasteiger partial charge in [0.15, 0.2) is 8.32 Å². The average Bonchev–Trinajstić information content (AvgIpc) is 2.70. The molecule has 1 saturated heterocycles. The van der Waals surface area contributed by atoms with Crippen molar-refractivity contribution in [3.63, 3.8) is 0 Å². The van der Waals surface area contributed by atoms with Crippen LogP contribution < -0.4 is 4.74 Å². The van der Waals surface area contributed by atoms with E-state index in [0.29, 0.717) is 25.7 Å². The lowest BCUT2D eigenvalue weighted by Gasteiger charge is -2.38. The smallest absolute Gasteiger partial charge is 0.191 e. The maximum absolute atomic E-state index is 10.4. The van der Waals surface area contributed by atoms with Crippen LogP contribution >= 0.6 is 0 Å². The number of methoxy groups -OCH3 is 1. The first-order valence-electron chi connectivity index (χ1n) is 11.7. The third-order valence-electron chi connectivity index (χ3n) is 6.75. The van der Waals surface area contributed by atoms with Crippen LogP contribution in [0.25, 0.3) is 0 Å². The molecule has 1 unspecified atom stereocenters. The molecule has 2 rings (SSSR count). The Bertz CT molecular complexity index is 640. The summed E-state index contributed by atoms with van der Waals surface area (Å²) in [4.78, 5) is 0. The summed E-state index contributed by atoms with van der Waals surface area (Å²) in [7, 11) is -0.0917. The van der Waals surface area contributed by atoms with Gasteiger partial charge in [-0.3, -0.25) is 0 Å². The van der Waals surface area contributed by atoms with Crippen LogP contribution in [-0.4, -0.2) is 52.1 Å². The van der Waals surface area contributed by atoms with Crippen LogP contribution in [0.5, 0.6) is 5.75 Å². The van der Waals surface area contributed by atoms with E-state index in [-0.39, 0.29) is 23.4 Å². The number of benzene rings is 1. The Hall–Kier alpha value is -0.923. The molecule has 5 nitrogen and oxygen atoms in total. The van der Waals surface area contributed by atoms with Gasteiger partial charge in [0.2, 0.25) is 0 Å². The molecular weight excluding hydrogens is 408 g/mol. The topological polar surface area (TPSA) is 57.2 Å². The molecule has 0 aromatic heterocycles. The molecule has 1 N–H and O–H groups in total. The van der Waals surface area contributed by atoms with Crippen molar-refractivity contribution in [2.24, 2.45) is 5.92 Å². The number of aliphatic hydroxyl groups excluding tert-OH is 1. The lowest BCUT2D eigenvalue weighted by atomic mass is 9.94. The fraction of sp³-hybridized carbons (Fsp3) is 0.760. The summed E-state index contributed by atoms with van der Waals surface area (Å²) in [6.45, 7) is 15.4. The molecule has 31 heavy (non-hydrogen) atoms. The van der Waals surface area contributed by atoms with Gasteiger partial charge in [0, 0.05) is 13.2 Å². The van der Waals surface area contributed by atoms with Gasteiger partial charge in [-0.15, -0.1) is 0 Å². The van der Waals surface area contributed by atoms with E-state index in [1.807, 2.05) is 24.3 Å². The van der Waals surface area contributed by atoms with Crippen LogP contribution in [0.3, 0.4) is 0 Å². The Morgan fingerprint density at radius 2 is 1.84 bits per heavy atom. The molecular formula is C25H44O5Si. The molecule has 1 aliphatic rings. The van der Waals surface area contributed by atoms with Crippen LogP contribution in [0.4, 0.5) is 0 Å². The van der Waals surface area contributed by atoms with Gasteiger partial charge in [-0.1, -0.05) is 39.8 Å². The molecule has 0 saturated carbocycles. The third-order valence-corrected chi connectivity index (χ3v) is 11.3. The van der Waals surface area contributed by atoms with E-state index in [0.717, 1.165) is 37.0 Å². The van der Waals surface area contributed by atoms with Gasteiger partial charge in [0.05, 0.1) is 32.0 Å². The second-order valence-electron chi connectivity index (χ2n) is 10.5. The molecule has 178 valence electrons. The lowest BCUT2D eigenvalue weighted by Crippen LogP contribution is -2.43. The zero-order valence-electron chi connectivity index (χ0n) is 20.6. The molecule has 0 radical (unpaired) electrons. The highest BCUT2D eigenvalue weighted by Gasteiger charge is 2.38. The van der Waals surface area contributed by atoms with E-state index in [9.17, 15) is 5.11 Å². The number of rotatable bonds is 11. The Morgan fingerprint density at radius 1 is 1.16 bits per heavy atom. The Kier molecular flexibility index (Phi) is 10.0. The minimum Gasteiger partial charge on any atom is -0.497 e. The SMILES string of the molecule is COc1ccc(COC[C@H](C)C[C@@H]2CCC(O)[C@@H](CCO[Si](C)(C)C(C)(C)C)O2)cc1. The molecule has 0 bridgehead atoms. The monoisotopic (exact) mass is 452 g/mol. The van der Waals surface area contributed by atoms with Crippen molar-refractivity contribution in [1.82, 2.24) is 0 Å². The van der Waals surface area contributed by atoms with Crippen molar-refractivity contribution in [3.05, 3.63) is 29.8 Å². The van der Waals surface area contributed by atoms with Crippen molar-refractivity contribution in [1.29, 1.82) is 0 Å². The number of hydrogen-bond acceptors (Lipinski definition) is 5. The molecule has 6 heteroatoms.